The van der Waals surface area contributed by atoms with Crippen molar-refractivity contribution < 1.29 is 9.21 Å². The quantitative estimate of drug-likeness (QED) is 0.696. The van der Waals surface area contributed by atoms with Gasteiger partial charge in [-0.2, -0.15) is 0 Å². The third kappa shape index (κ3) is 4.05. The van der Waals surface area contributed by atoms with E-state index in [1.54, 1.807) is 12.6 Å². The van der Waals surface area contributed by atoms with Gasteiger partial charge in [0.2, 0.25) is 5.91 Å². The standard InChI is InChI=1S/C17H18N4O2S/c1-12-5-7-14(8-6-12)19-16(22)13(2)24-17-20-18-11-21(17)10-15-4-3-9-23-15/h3-9,11,13H,10H2,1-2H3,(H,19,22). The molecule has 0 aliphatic rings. The molecule has 0 bridgehead atoms. The van der Waals surface area contributed by atoms with Crippen LogP contribution < -0.4 is 5.32 Å². The molecule has 3 rings (SSSR count). The van der Waals surface area contributed by atoms with Crippen molar-refractivity contribution in [2.45, 2.75) is 30.8 Å². The number of thioether (sulfide) groups is 1. The number of anilines is 1. The number of carbonyl (C=O) groups is 1. The number of aromatic nitrogens is 3. The molecule has 1 N–H and O–H groups in total. The van der Waals surface area contributed by atoms with E-state index in [1.165, 1.54) is 11.8 Å². The van der Waals surface area contributed by atoms with Crippen molar-refractivity contribution in [1.29, 1.82) is 0 Å². The highest BCUT2D eigenvalue weighted by Gasteiger charge is 2.18. The summed E-state index contributed by atoms with van der Waals surface area (Å²) >= 11 is 1.36. The van der Waals surface area contributed by atoms with Crippen molar-refractivity contribution in [1.82, 2.24) is 14.8 Å². The van der Waals surface area contributed by atoms with E-state index in [-0.39, 0.29) is 11.2 Å². The molecule has 0 aliphatic heterocycles. The fraction of sp³-hybridized carbons (Fsp3) is 0.235. The van der Waals surface area contributed by atoms with Crippen LogP contribution in [0.1, 0.15) is 18.2 Å². The van der Waals surface area contributed by atoms with Crippen molar-refractivity contribution in [3.63, 3.8) is 0 Å². The maximum Gasteiger partial charge on any atom is 0.237 e. The normalized spacial score (nSPS) is 12.1. The molecule has 0 radical (unpaired) electrons. The summed E-state index contributed by atoms with van der Waals surface area (Å²) in [5.74, 6) is 0.741. The van der Waals surface area contributed by atoms with Gasteiger partial charge in [0.25, 0.3) is 0 Å². The number of amides is 1. The lowest BCUT2D eigenvalue weighted by Gasteiger charge is -2.12. The smallest absolute Gasteiger partial charge is 0.237 e. The lowest BCUT2D eigenvalue weighted by molar-refractivity contribution is -0.115. The molecule has 2 heterocycles. The first-order valence-corrected chi connectivity index (χ1v) is 8.44. The van der Waals surface area contributed by atoms with Gasteiger partial charge in [-0.3, -0.25) is 4.79 Å². The van der Waals surface area contributed by atoms with E-state index in [2.05, 4.69) is 15.5 Å². The van der Waals surface area contributed by atoms with Gasteiger partial charge in [0.1, 0.15) is 12.1 Å². The fourth-order valence-corrected chi connectivity index (χ4v) is 2.93. The molecule has 6 nitrogen and oxygen atoms in total. The molecule has 1 unspecified atom stereocenters. The second kappa shape index (κ2) is 7.35. The average molecular weight is 342 g/mol. The minimum atomic E-state index is -0.300. The van der Waals surface area contributed by atoms with Crippen LogP contribution in [0.3, 0.4) is 0 Å². The fourth-order valence-electron chi connectivity index (χ4n) is 2.11. The van der Waals surface area contributed by atoms with Crippen molar-refractivity contribution in [2.75, 3.05) is 5.32 Å². The highest BCUT2D eigenvalue weighted by molar-refractivity contribution is 8.00. The molecule has 0 fully saturated rings. The molecule has 7 heteroatoms. The van der Waals surface area contributed by atoms with Gasteiger partial charge < -0.3 is 14.3 Å². The minimum Gasteiger partial charge on any atom is -0.467 e. The first-order chi connectivity index (χ1) is 11.6. The summed E-state index contributed by atoms with van der Waals surface area (Å²) in [4.78, 5) is 12.3. The van der Waals surface area contributed by atoms with Crippen LogP contribution in [-0.4, -0.2) is 25.9 Å². The van der Waals surface area contributed by atoms with Crippen LogP contribution in [0.5, 0.6) is 0 Å². The predicted molar refractivity (Wildman–Crippen MR) is 93.0 cm³/mol. The van der Waals surface area contributed by atoms with E-state index in [0.29, 0.717) is 11.7 Å². The van der Waals surface area contributed by atoms with Crippen LogP contribution in [0.4, 0.5) is 5.69 Å². The molecule has 1 amide bonds. The minimum absolute atomic E-state index is 0.0728. The zero-order chi connectivity index (χ0) is 16.9. The molecule has 0 spiro atoms. The Balaban J connectivity index is 1.62. The molecule has 24 heavy (non-hydrogen) atoms. The SMILES string of the molecule is Cc1ccc(NC(=O)C(C)Sc2nncn2Cc2ccco2)cc1. The Morgan fingerprint density at radius 2 is 2.12 bits per heavy atom. The maximum atomic E-state index is 12.3. The molecule has 124 valence electrons. The number of aryl methyl sites for hydroxylation is 1. The summed E-state index contributed by atoms with van der Waals surface area (Å²) in [5, 5.41) is 11.3. The van der Waals surface area contributed by atoms with Gasteiger partial charge in [0, 0.05) is 5.69 Å². The summed E-state index contributed by atoms with van der Waals surface area (Å²) in [6.45, 7) is 4.39. The molecular formula is C17H18N4O2S. The van der Waals surface area contributed by atoms with Gasteiger partial charge in [0.15, 0.2) is 5.16 Å². The number of furan rings is 1. The highest BCUT2D eigenvalue weighted by Crippen LogP contribution is 2.23. The van der Waals surface area contributed by atoms with Crippen molar-refractivity contribution in [2.24, 2.45) is 0 Å². The Morgan fingerprint density at radius 3 is 2.83 bits per heavy atom. The summed E-state index contributed by atoms with van der Waals surface area (Å²) < 4.78 is 7.20. The number of hydrogen-bond donors (Lipinski definition) is 1. The lowest BCUT2D eigenvalue weighted by Crippen LogP contribution is -2.22. The topological polar surface area (TPSA) is 73.0 Å². The summed E-state index contributed by atoms with van der Waals surface area (Å²) in [6.07, 6.45) is 3.26. The van der Waals surface area contributed by atoms with Crippen LogP contribution in [0, 0.1) is 6.92 Å². The molecule has 0 saturated heterocycles. The molecule has 2 aromatic heterocycles. The maximum absolute atomic E-state index is 12.3. The van der Waals surface area contributed by atoms with Gasteiger partial charge in [-0.15, -0.1) is 10.2 Å². The predicted octanol–water partition coefficient (Wildman–Crippen LogP) is 3.35. The Kier molecular flexibility index (Phi) is 5.00. The molecule has 3 aromatic rings. The molecule has 1 atom stereocenters. The first-order valence-electron chi connectivity index (χ1n) is 7.56. The van der Waals surface area contributed by atoms with E-state index in [1.807, 2.05) is 54.8 Å². The van der Waals surface area contributed by atoms with Crippen molar-refractivity contribution in [3.05, 3.63) is 60.3 Å². The summed E-state index contributed by atoms with van der Waals surface area (Å²) in [7, 11) is 0. The Bertz CT molecular complexity index is 796. The van der Waals surface area contributed by atoms with Gasteiger partial charge in [-0.1, -0.05) is 29.5 Å². The Labute approximate surface area is 144 Å². The van der Waals surface area contributed by atoms with Crippen molar-refractivity contribution in [3.8, 4) is 0 Å². The largest absolute Gasteiger partial charge is 0.467 e. The van der Waals surface area contributed by atoms with Gasteiger partial charge in [0.05, 0.1) is 18.1 Å². The van der Waals surface area contributed by atoms with Gasteiger partial charge in [-0.25, -0.2) is 0 Å². The zero-order valence-corrected chi connectivity index (χ0v) is 14.3. The van der Waals surface area contributed by atoms with Crippen molar-refractivity contribution >= 4 is 23.4 Å². The zero-order valence-electron chi connectivity index (χ0n) is 13.5. The number of rotatable bonds is 6. The third-order valence-electron chi connectivity index (χ3n) is 3.46. The van der Waals surface area contributed by atoms with E-state index >= 15 is 0 Å². The third-order valence-corrected chi connectivity index (χ3v) is 4.55. The van der Waals surface area contributed by atoms with Gasteiger partial charge in [-0.05, 0) is 38.1 Å². The molecular weight excluding hydrogens is 324 g/mol. The Morgan fingerprint density at radius 1 is 1.33 bits per heavy atom. The molecule has 0 aliphatic carbocycles. The Hall–Kier alpha value is -2.54. The van der Waals surface area contributed by atoms with Crippen LogP contribution in [0.2, 0.25) is 0 Å². The summed E-state index contributed by atoms with van der Waals surface area (Å²) in [6, 6.07) is 11.4. The van der Waals surface area contributed by atoms with Crippen LogP contribution in [0.25, 0.3) is 0 Å². The number of nitrogens with one attached hydrogen (secondary N) is 1. The first kappa shape index (κ1) is 16.3. The number of hydrogen-bond acceptors (Lipinski definition) is 5. The van der Waals surface area contributed by atoms with Crippen LogP contribution in [-0.2, 0) is 11.3 Å². The van der Waals surface area contributed by atoms with Crippen LogP contribution in [0.15, 0.2) is 58.6 Å². The lowest BCUT2D eigenvalue weighted by atomic mass is 10.2. The van der Waals surface area contributed by atoms with Gasteiger partial charge >= 0.3 is 0 Å². The van der Waals surface area contributed by atoms with E-state index in [4.69, 9.17) is 4.42 Å². The highest BCUT2D eigenvalue weighted by atomic mass is 32.2. The average Bonchev–Trinajstić information content (AvgIpc) is 3.22. The van der Waals surface area contributed by atoms with E-state index in [0.717, 1.165) is 17.0 Å². The molecule has 0 saturated carbocycles. The molecule has 1 aromatic carbocycles. The summed E-state index contributed by atoms with van der Waals surface area (Å²) in [5.41, 5.74) is 1.94. The second-order valence-electron chi connectivity index (χ2n) is 5.44. The second-order valence-corrected chi connectivity index (χ2v) is 6.74. The number of nitrogens with zero attached hydrogens (tertiary/aromatic N) is 3. The van der Waals surface area contributed by atoms with Crippen LogP contribution >= 0.6 is 11.8 Å². The van der Waals surface area contributed by atoms with E-state index in [9.17, 15) is 4.79 Å². The number of benzene rings is 1. The number of carbonyl (C=O) groups excluding carboxylic acids is 1. The monoisotopic (exact) mass is 342 g/mol. The van der Waals surface area contributed by atoms with E-state index < -0.39 is 0 Å².